The van der Waals surface area contributed by atoms with Gasteiger partial charge in [-0.1, -0.05) is 11.6 Å². The van der Waals surface area contributed by atoms with Gasteiger partial charge >= 0.3 is 0 Å². The number of benzene rings is 1. The van der Waals surface area contributed by atoms with Crippen LogP contribution in [0.15, 0.2) is 30.6 Å². The Morgan fingerprint density at radius 3 is 2.85 bits per heavy atom. The number of amides is 1. The van der Waals surface area contributed by atoms with Gasteiger partial charge in [-0.3, -0.25) is 9.63 Å². The zero-order valence-electron chi connectivity index (χ0n) is 14.8. The summed E-state index contributed by atoms with van der Waals surface area (Å²) in [5, 5.41) is 1.60. The van der Waals surface area contributed by atoms with Gasteiger partial charge in [-0.05, 0) is 31.0 Å². The van der Waals surface area contributed by atoms with E-state index in [2.05, 4.69) is 20.4 Å². The molecule has 0 radical (unpaired) electrons. The Bertz CT molecular complexity index is 967. The fourth-order valence-electron chi connectivity index (χ4n) is 2.82. The van der Waals surface area contributed by atoms with Crippen molar-refractivity contribution in [2.24, 2.45) is 5.92 Å². The number of aromatic amines is 1. The number of hydroxylamine groups is 1. The summed E-state index contributed by atoms with van der Waals surface area (Å²) in [6.07, 6.45) is 5.75. The standard InChI is InChI=1S/C19H19ClN4O3/c1-26-18-10-21-17(9-22-18)14-8-16-12(7-15(14)20)6-13(23-16)4-5-27-24-19(25)11-2-3-11/h6-11,23H,2-5H2,1H3,(H,24,25). The molecule has 0 saturated heterocycles. The van der Waals surface area contributed by atoms with Crippen molar-refractivity contribution in [1.82, 2.24) is 20.4 Å². The number of carbonyl (C=O) groups excluding carboxylic acids is 1. The first-order chi connectivity index (χ1) is 13.1. The summed E-state index contributed by atoms with van der Waals surface area (Å²) in [6, 6.07) is 5.87. The molecule has 0 aliphatic heterocycles. The molecule has 3 aromatic rings. The highest BCUT2D eigenvalue weighted by atomic mass is 35.5. The molecule has 1 amide bonds. The molecule has 27 heavy (non-hydrogen) atoms. The Morgan fingerprint density at radius 2 is 2.15 bits per heavy atom. The summed E-state index contributed by atoms with van der Waals surface area (Å²) < 4.78 is 5.04. The van der Waals surface area contributed by atoms with Crippen LogP contribution in [0, 0.1) is 5.92 Å². The van der Waals surface area contributed by atoms with Crippen LogP contribution in [0.25, 0.3) is 22.2 Å². The predicted octanol–water partition coefficient (Wildman–Crippen LogP) is 3.29. The van der Waals surface area contributed by atoms with Crippen LogP contribution < -0.4 is 10.2 Å². The van der Waals surface area contributed by atoms with Gasteiger partial charge in [-0.15, -0.1) is 0 Å². The molecule has 0 atom stereocenters. The van der Waals surface area contributed by atoms with Crippen LogP contribution in [0.5, 0.6) is 5.88 Å². The van der Waals surface area contributed by atoms with Gasteiger partial charge in [-0.2, -0.15) is 0 Å². The maximum Gasteiger partial charge on any atom is 0.246 e. The average molecular weight is 387 g/mol. The zero-order valence-corrected chi connectivity index (χ0v) is 15.5. The SMILES string of the molecule is COc1cnc(-c2cc3[nH]c(CCONC(=O)C4CC4)cc3cc2Cl)cn1. The van der Waals surface area contributed by atoms with Gasteiger partial charge in [0, 0.05) is 34.5 Å². The number of aromatic nitrogens is 3. The summed E-state index contributed by atoms with van der Waals surface area (Å²) in [5.41, 5.74) is 5.91. The average Bonchev–Trinajstić information content (AvgIpc) is 3.46. The number of carbonyl (C=O) groups is 1. The van der Waals surface area contributed by atoms with Crippen LogP contribution in [0.4, 0.5) is 0 Å². The lowest BCUT2D eigenvalue weighted by Crippen LogP contribution is -2.26. The highest BCUT2D eigenvalue weighted by molar-refractivity contribution is 6.34. The van der Waals surface area contributed by atoms with E-state index in [-0.39, 0.29) is 11.8 Å². The van der Waals surface area contributed by atoms with Gasteiger partial charge < -0.3 is 9.72 Å². The lowest BCUT2D eigenvalue weighted by molar-refractivity contribution is -0.134. The van der Waals surface area contributed by atoms with E-state index in [1.54, 1.807) is 19.5 Å². The number of methoxy groups -OCH3 is 1. The van der Waals surface area contributed by atoms with Crippen LogP contribution in [-0.4, -0.2) is 34.6 Å². The number of nitrogens with one attached hydrogen (secondary N) is 2. The molecule has 1 fully saturated rings. The normalized spacial score (nSPS) is 13.7. The van der Waals surface area contributed by atoms with Gasteiger partial charge in [0.05, 0.1) is 36.8 Å². The maximum absolute atomic E-state index is 11.5. The van der Waals surface area contributed by atoms with Crippen molar-refractivity contribution in [3.8, 4) is 17.1 Å². The van der Waals surface area contributed by atoms with Crippen LogP contribution in [-0.2, 0) is 16.1 Å². The molecule has 0 unspecified atom stereocenters. The maximum atomic E-state index is 11.5. The molecule has 0 spiro atoms. The summed E-state index contributed by atoms with van der Waals surface area (Å²) >= 11 is 6.43. The van der Waals surface area contributed by atoms with Gasteiger partial charge in [0.15, 0.2) is 0 Å². The van der Waals surface area contributed by atoms with Gasteiger partial charge in [0.1, 0.15) is 0 Å². The summed E-state index contributed by atoms with van der Waals surface area (Å²) in [5.74, 6) is 0.565. The van der Waals surface area contributed by atoms with Gasteiger partial charge in [0.25, 0.3) is 0 Å². The van der Waals surface area contributed by atoms with E-state index < -0.39 is 0 Å². The number of fused-ring (bicyclic) bond motifs is 1. The Hall–Kier alpha value is -2.64. The number of halogens is 1. The first kappa shape index (κ1) is 17.8. The van der Waals surface area contributed by atoms with Crippen molar-refractivity contribution < 1.29 is 14.4 Å². The van der Waals surface area contributed by atoms with E-state index >= 15 is 0 Å². The number of rotatable bonds is 7. The van der Waals surface area contributed by atoms with Crippen LogP contribution >= 0.6 is 11.6 Å². The molecule has 2 aromatic heterocycles. The largest absolute Gasteiger partial charge is 0.480 e. The van der Waals surface area contributed by atoms with E-state index in [0.29, 0.717) is 29.6 Å². The van der Waals surface area contributed by atoms with Crippen molar-refractivity contribution in [3.05, 3.63) is 41.3 Å². The highest BCUT2D eigenvalue weighted by Gasteiger charge is 2.29. The molecule has 2 N–H and O–H groups in total. The predicted molar refractivity (Wildman–Crippen MR) is 101 cm³/mol. The highest BCUT2D eigenvalue weighted by Crippen LogP contribution is 2.31. The Kier molecular flexibility index (Phi) is 4.96. The number of ether oxygens (including phenoxy) is 1. The fraction of sp³-hybridized carbons (Fsp3) is 0.316. The molecule has 2 heterocycles. The van der Waals surface area contributed by atoms with Crippen molar-refractivity contribution in [1.29, 1.82) is 0 Å². The van der Waals surface area contributed by atoms with E-state index in [1.807, 2.05) is 18.2 Å². The Balaban J connectivity index is 1.46. The third kappa shape index (κ3) is 4.04. The molecular formula is C19H19ClN4O3. The fourth-order valence-corrected chi connectivity index (χ4v) is 3.09. The minimum absolute atomic E-state index is 0.0244. The third-order valence-electron chi connectivity index (χ3n) is 4.47. The molecular weight excluding hydrogens is 368 g/mol. The first-order valence-electron chi connectivity index (χ1n) is 8.73. The molecule has 4 rings (SSSR count). The minimum Gasteiger partial charge on any atom is -0.480 e. The lowest BCUT2D eigenvalue weighted by Gasteiger charge is -2.05. The molecule has 7 nitrogen and oxygen atoms in total. The molecule has 8 heteroatoms. The summed E-state index contributed by atoms with van der Waals surface area (Å²) in [6.45, 7) is 0.399. The lowest BCUT2D eigenvalue weighted by atomic mass is 10.1. The summed E-state index contributed by atoms with van der Waals surface area (Å²) in [7, 11) is 1.55. The molecule has 140 valence electrons. The Morgan fingerprint density at radius 1 is 1.30 bits per heavy atom. The van der Waals surface area contributed by atoms with Crippen LogP contribution in [0.2, 0.25) is 5.02 Å². The van der Waals surface area contributed by atoms with Crippen molar-refractivity contribution >= 4 is 28.4 Å². The van der Waals surface area contributed by atoms with Crippen LogP contribution in [0.3, 0.4) is 0 Å². The molecule has 1 aromatic carbocycles. The van der Waals surface area contributed by atoms with E-state index in [9.17, 15) is 4.79 Å². The van der Waals surface area contributed by atoms with Gasteiger partial charge in [-0.25, -0.2) is 15.4 Å². The smallest absolute Gasteiger partial charge is 0.246 e. The number of hydrogen-bond donors (Lipinski definition) is 2. The first-order valence-corrected chi connectivity index (χ1v) is 9.11. The number of nitrogens with zero attached hydrogens (tertiary/aromatic N) is 2. The third-order valence-corrected chi connectivity index (χ3v) is 4.78. The zero-order chi connectivity index (χ0) is 18.8. The number of hydrogen-bond acceptors (Lipinski definition) is 5. The second kappa shape index (κ2) is 7.54. The second-order valence-electron chi connectivity index (χ2n) is 6.50. The van der Waals surface area contributed by atoms with Crippen molar-refractivity contribution in [2.75, 3.05) is 13.7 Å². The van der Waals surface area contributed by atoms with Gasteiger partial charge in [0.2, 0.25) is 11.8 Å². The van der Waals surface area contributed by atoms with Crippen LogP contribution in [0.1, 0.15) is 18.5 Å². The summed E-state index contributed by atoms with van der Waals surface area (Å²) in [4.78, 5) is 28.7. The monoisotopic (exact) mass is 386 g/mol. The minimum atomic E-state index is -0.0244. The second-order valence-corrected chi connectivity index (χ2v) is 6.90. The molecule has 1 saturated carbocycles. The topological polar surface area (TPSA) is 89.1 Å². The van der Waals surface area contributed by atoms with E-state index in [4.69, 9.17) is 21.2 Å². The number of H-pyrrole nitrogens is 1. The van der Waals surface area contributed by atoms with Crippen molar-refractivity contribution in [3.63, 3.8) is 0 Å². The Labute approximate surface area is 161 Å². The molecule has 1 aliphatic rings. The molecule has 1 aliphatic carbocycles. The molecule has 0 bridgehead atoms. The van der Waals surface area contributed by atoms with Crippen molar-refractivity contribution in [2.45, 2.75) is 19.3 Å². The quantitative estimate of drug-likeness (QED) is 0.480. The van der Waals surface area contributed by atoms with E-state index in [1.165, 1.54) is 0 Å². The van der Waals surface area contributed by atoms with E-state index in [0.717, 1.165) is 35.0 Å².